The Hall–Kier alpha value is -0.920. The fourth-order valence-corrected chi connectivity index (χ4v) is 0.581. The van der Waals surface area contributed by atoms with E-state index in [1.807, 2.05) is 27.7 Å². The quantitative estimate of drug-likeness (QED) is 0.568. The van der Waals surface area contributed by atoms with Gasteiger partial charge in [-0.1, -0.05) is 33.8 Å². The molecule has 1 aromatic rings. The number of benzene rings is 1. The highest BCUT2D eigenvalue weighted by Crippen LogP contribution is 2.08. The summed E-state index contributed by atoms with van der Waals surface area (Å²) in [4.78, 5) is 0. The molecule has 0 aromatic heterocycles. The van der Waals surface area contributed by atoms with E-state index < -0.39 is 11.6 Å². The summed E-state index contributed by atoms with van der Waals surface area (Å²) < 4.78 is 24.7. The van der Waals surface area contributed by atoms with Crippen LogP contribution in [0.3, 0.4) is 0 Å². The summed E-state index contributed by atoms with van der Waals surface area (Å²) in [5.74, 6) is -0.981. The van der Waals surface area contributed by atoms with Crippen LogP contribution in [0.5, 0.6) is 0 Å². The van der Waals surface area contributed by atoms with Crippen LogP contribution in [-0.2, 0) is 0 Å². The van der Waals surface area contributed by atoms with Crippen molar-refractivity contribution in [2.24, 2.45) is 0 Å². The summed E-state index contributed by atoms with van der Waals surface area (Å²) in [6, 6.07) is 3.81. The highest BCUT2D eigenvalue weighted by molar-refractivity contribution is 5.17. The zero-order valence-corrected chi connectivity index (χ0v) is 8.99. The molecule has 0 fully saturated rings. The molecule has 0 aliphatic heterocycles. The molecule has 0 amide bonds. The maximum atomic E-state index is 12.3. The molecule has 0 N–H and O–H groups in total. The number of hydrogen-bond donors (Lipinski definition) is 0. The van der Waals surface area contributed by atoms with Gasteiger partial charge in [0.25, 0.3) is 0 Å². The standard InChI is InChI=1S/C7H6F2.2C2H6/c1-5-6(8)3-2-4-7(5)9;2*1-2/h2-4H,1H3;2*1-2H3. The predicted molar refractivity (Wildman–Crippen MR) is 53.8 cm³/mol. The van der Waals surface area contributed by atoms with Gasteiger partial charge in [0, 0.05) is 5.56 Å². The van der Waals surface area contributed by atoms with E-state index in [1.54, 1.807) is 0 Å². The lowest BCUT2D eigenvalue weighted by Gasteiger charge is -1.94. The summed E-state index contributed by atoms with van der Waals surface area (Å²) in [5, 5.41) is 0. The molecule has 0 aliphatic carbocycles. The Morgan fingerprint density at radius 1 is 0.846 bits per heavy atom. The first-order valence-electron chi connectivity index (χ1n) is 4.62. The van der Waals surface area contributed by atoms with Crippen molar-refractivity contribution in [3.63, 3.8) is 0 Å². The van der Waals surface area contributed by atoms with E-state index in [9.17, 15) is 8.78 Å². The molecule has 0 spiro atoms. The third-order valence-corrected chi connectivity index (χ3v) is 1.20. The minimum atomic E-state index is -0.491. The average molecular weight is 188 g/mol. The van der Waals surface area contributed by atoms with Crippen LogP contribution >= 0.6 is 0 Å². The second-order valence-electron chi connectivity index (χ2n) is 1.85. The molecule has 1 rings (SSSR count). The molecule has 0 saturated carbocycles. The Kier molecular flexibility index (Phi) is 10.3. The van der Waals surface area contributed by atoms with Gasteiger partial charge in [0.05, 0.1) is 0 Å². The summed E-state index contributed by atoms with van der Waals surface area (Å²) in [6.07, 6.45) is 0. The molecule has 0 unspecified atom stereocenters. The van der Waals surface area contributed by atoms with Gasteiger partial charge in [0.15, 0.2) is 0 Å². The molecular formula is C11H18F2. The van der Waals surface area contributed by atoms with E-state index in [-0.39, 0.29) is 5.56 Å². The molecule has 0 radical (unpaired) electrons. The van der Waals surface area contributed by atoms with Crippen molar-refractivity contribution >= 4 is 0 Å². The first kappa shape index (κ1) is 14.6. The highest BCUT2D eigenvalue weighted by atomic mass is 19.1. The Labute approximate surface area is 79.6 Å². The molecule has 0 heterocycles. The van der Waals surface area contributed by atoms with Crippen LogP contribution in [0.25, 0.3) is 0 Å². The van der Waals surface area contributed by atoms with Gasteiger partial charge in [0.2, 0.25) is 0 Å². The van der Waals surface area contributed by atoms with E-state index in [1.165, 1.54) is 25.1 Å². The van der Waals surface area contributed by atoms with E-state index in [4.69, 9.17) is 0 Å². The molecule has 0 bridgehead atoms. The van der Waals surface area contributed by atoms with Crippen molar-refractivity contribution < 1.29 is 8.78 Å². The second-order valence-corrected chi connectivity index (χ2v) is 1.85. The molecule has 13 heavy (non-hydrogen) atoms. The number of halogens is 2. The van der Waals surface area contributed by atoms with E-state index in [2.05, 4.69) is 0 Å². The van der Waals surface area contributed by atoms with Gasteiger partial charge < -0.3 is 0 Å². The Morgan fingerprint density at radius 3 is 1.38 bits per heavy atom. The molecule has 0 atom stereocenters. The van der Waals surface area contributed by atoms with Crippen molar-refractivity contribution in [3.8, 4) is 0 Å². The fourth-order valence-electron chi connectivity index (χ4n) is 0.581. The molecule has 0 aliphatic rings. The summed E-state index contributed by atoms with van der Waals surface area (Å²) in [5.41, 5.74) is 0.0810. The lowest BCUT2D eigenvalue weighted by Crippen LogP contribution is -1.85. The summed E-state index contributed by atoms with van der Waals surface area (Å²) in [6.45, 7) is 9.41. The zero-order valence-electron chi connectivity index (χ0n) is 8.99. The van der Waals surface area contributed by atoms with Crippen LogP contribution in [0.1, 0.15) is 33.3 Å². The van der Waals surface area contributed by atoms with Crippen LogP contribution in [0.2, 0.25) is 0 Å². The normalized spacial score (nSPS) is 7.62. The predicted octanol–water partition coefficient (Wildman–Crippen LogP) is 4.33. The minimum Gasteiger partial charge on any atom is -0.207 e. The monoisotopic (exact) mass is 188 g/mol. The van der Waals surface area contributed by atoms with Gasteiger partial charge >= 0.3 is 0 Å². The van der Waals surface area contributed by atoms with Crippen molar-refractivity contribution in [2.75, 3.05) is 0 Å². The smallest absolute Gasteiger partial charge is 0.129 e. The average Bonchev–Trinajstić information content (AvgIpc) is 2.20. The topological polar surface area (TPSA) is 0 Å². The van der Waals surface area contributed by atoms with Crippen molar-refractivity contribution in [1.82, 2.24) is 0 Å². The molecule has 1 aromatic carbocycles. The second kappa shape index (κ2) is 9.17. The third-order valence-electron chi connectivity index (χ3n) is 1.20. The van der Waals surface area contributed by atoms with Crippen LogP contribution in [0.4, 0.5) is 8.78 Å². The highest BCUT2D eigenvalue weighted by Gasteiger charge is 1.99. The van der Waals surface area contributed by atoms with Crippen molar-refractivity contribution in [3.05, 3.63) is 35.4 Å². The van der Waals surface area contributed by atoms with Gasteiger partial charge in [-0.05, 0) is 19.1 Å². The van der Waals surface area contributed by atoms with Gasteiger partial charge in [0.1, 0.15) is 11.6 Å². The minimum absolute atomic E-state index is 0.0810. The van der Waals surface area contributed by atoms with Crippen LogP contribution in [0.15, 0.2) is 18.2 Å². The molecular weight excluding hydrogens is 170 g/mol. The number of rotatable bonds is 0. The maximum absolute atomic E-state index is 12.3. The fraction of sp³-hybridized carbons (Fsp3) is 0.455. The Bertz CT molecular complexity index is 199. The van der Waals surface area contributed by atoms with Crippen molar-refractivity contribution in [1.29, 1.82) is 0 Å². The zero-order chi connectivity index (χ0) is 10.9. The SMILES string of the molecule is CC.CC.Cc1c(F)cccc1F. The summed E-state index contributed by atoms with van der Waals surface area (Å²) in [7, 11) is 0. The van der Waals surface area contributed by atoms with Gasteiger partial charge in [-0.15, -0.1) is 0 Å². The molecule has 2 heteroatoms. The van der Waals surface area contributed by atoms with Gasteiger partial charge in [-0.25, -0.2) is 8.78 Å². The third kappa shape index (κ3) is 5.34. The van der Waals surface area contributed by atoms with Gasteiger partial charge in [-0.3, -0.25) is 0 Å². The largest absolute Gasteiger partial charge is 0.207 e. The lowest BCUT2D eigenvalue weighted by molar-refractivity contribution is 0.568. The number of hydrogen-bond acceptors (Lipinski definition) is 0. The van der Waals surface area contributed by atoms with Gasteiger partial charge in [-0.2, -0.15) is 0 Å². The first-order valence-corrected chi connectivity index (χ1v) is 4.62. The van der Waals surface area contributed by atoms with Crippen molar-refractivity contribution in [2.45, 2.75) is 34.6 Å². The molecule has 0 nitrogen and oxygen atoms in total. The van der Waals surface area contributed by atoms with E-state index in [0.717, 1.165) is 0 Å². The Balaban J connectivity index is 0. The first-order chi connectivity index (χ1) is 6.22. The molecule has 0 saturated heterocycles. The molecule has 76 valence electrons. The Morgan fingerprint density at radius 2 is 1.15 bits per heavy atom. The lowest BCUT2D eigenvalue weighted by atomic mass is 10.2. The van der Waals surface area contributed by atoms with Crippen LogP contribution in [0, 0.1) is 18.6 Å². The summed E-state index contributed by atoms with van der Waals surface area (Å²) >= 11 is 0. The van der Waals surface area contributed by atoms with Crippen LogP contribution in [-0.4, -0.2) is 0 Å². The maximum Gasteiger partial charge on any atom is 0.129 e. The van der Waals surface area contributed by atoms with E-state index >= 15 is 0 Å². The van der Waals surface area contributed by atoms with E-state index in [0.29, 0.717) is 0 Å². The van der Waals surface area contributed by atoms with Crippen LogP contribution < -0.4 is 0 Å².